The van der Waals surface area contributed by atoms with Crippen molar-refractivity contribution in [3.63, 3.8) is 0 Å². The summed E-state index contributed by atoms with van der Waals surface area (Å²) in [5.41, 5.74) is 0.658. The van der Waals surface area contributed by atoms with Gasteiger partial charge in [0.15, 0.2) is 0 Å². The Kier molecular flexibility index (Phi) is 2.91. The van der Waals surface area contributed by atoms with Crippen LogP contribution in [-0.4, -0.2) is 26.0 Å². The maximum absolute atomic E-state index is 12.1. The number of aromatic nitrogens is 4. The van der Waals surface area contributed by atoms with Crippen LogP contribution < -0.4 is 0 Å². The Morgan fingerprint density at radius 3 is 2.60 bits per heavy atom. The third kappa shape index (κ3) is 2.30. The van der Waals surface area contributed by atoms with E-state index >= 15 is 0 Å². The van der Waals surface area contributed by atoms with Crippen LogP contribution >= 0.6 is 11.8 Å². The summed E-state index contributed by atoms with van der Waals surface area (Å²) < 4.78 is 25.6. The third-order valence-electron chi connectivity index (χ3n) is 1.64. The maximum atomic E-state index is 12.1. The van der Waals surface area contributed by atoms with Crippen LogP contribution in [0.1, 0.15) is 0 Å². The number of nitrogens with zero attached hydrogens (tertiary/aromatic N) is 4. The lowest BCUT2D eigenvalue weighted by molar-refractivity contribution is 0.251. The number of hydrogen-bond donors (Lipinski definition) is 0. The smallest absolute Gasteiger partial charge is 0.197 e. The second-order valence-electron chi connectivity index (χ2n) is 2.59. The van der Waals surface area contributed by atoms with Crippen LogP contribution in [0.5, 0.6) is 0 Å². The molecule has 15 heavy (non-hydrogen) atoms. The highest BCUT2D eigenvalue weighted by Gasteiger charge is 2.14. The van der Waals surface area contributed by atoms with E-state index in [4.69, 9.17) is 0 Å². The molecule has 0 saturated heterocycles. The van der Waals surface area contributed by atoms with Gasteiger partial charge >= 0.3 is 0 Å². The van der Waals surface area contributed by atoms with Crippen molar-refractivity contribution >= 4 is 11.8 Å². The fourth-order valence-electron chi connectivity index (χ4n) is 1.06. The maximum Gasteiger partial charge on any atom is 0.291 e. The Morgan fingerprint density at radius 1 is 1.20 bits per heavy atom. The average molecular weight is 228 g/mol. The van der Waals surface area contributed by atoms with Crippen molar-refractivity contribution in [1.82, 2.24) is 20.2 Å². The first-order valence-electron chi connectivity index (χ1n) is 4.06. The number of halogens is 2. The lowest BCUT2D eigenvalue weighted by Crippen LogP contribution is -1.99. The average Bonchev–Trinajstić information content (AvgIpc) is 2.66. The van der Waals surface area contributed by atoms with E-state index in [9.17, 15) is 8.78 Å². The fourth-order valence-corrected chi connectivity index (χ4v) is 1.55. The highest BCUT2D eigenvalue weighted by Crippen LogP contribution is 2.23. The quantitative estimate of drug-likeness (QED) is 0.753. The molecule has 0 fully saturated rings. The molecule has 0 radical (unpaired) electrons. The summed E-state index contributed by atoms with van der Waals surface area (Å²) in [6, 6.07) is 8.88. The van der Waals surface area contributed by atoms with E-state index in [0.29, 0.717) is 17.4 Å². The van der Waals surface area contributed by atoms with E-state index in [0.717, 1.165) is 0 Å². The molecule has 0 aliphatic rings. The van der Waals surface area contributed by atoms with E-state index in [-0.39, 0.29) is 5.16 Å². The van der Waals surface area contributed by atoms with Crippen LogP contribution in [0.3, 0.4) is 0 Å². The van der Waals surface area contributed by atoms with Gasteiger partial charge in [0.2, 0.25) is 5.16 Å². The highest BCUT2D eigenvalue weighted by molar-refractivity contribution is 7.99. The molecule has 0 atom stereocenters. The molecule has 0 spiro atoms. The molecule has 0 aliphatic heterocycles. The molecule has 78 valence electrons. The minimum Gasteiger partial charge on any atom is -0.197 e. The minimum absolute atomic E-state index is 0.0798. The van der Waals surface area contributed by atoms with E-state index < -0.39 is 5.76 Å². The van der Waals surface area contributed by atoms with Crippen LogP contribution in [0.2, 0.25) is 0 Å². The number of alkyl halides is 2. The van der Waals surface area contributed by atoms with Gasteiger partial charge in [-0.3, -0.25) is 0 Å². The zero-order valence-corrected chi connectivity index (χ0v) is 8.23. The highest BCUT2D eigenvalue weighted by atomic mass is 32.2. The molecule has 0 bridgehead atoms. The third-order valence-corrected chi connectivity index (χ3v) is 2.28. The number of rotatable bonds is 3. The molecule has 0 saturated carbocycles. The molecule has 1 aromatic heterocycles. The van der Waals surface area contributed by atoms with Crippen molar-refractivity contribution in [2.45, 2.75) is 10.9 Å². The van der Waals surface area contributed by atoms with Gasteiger partial charge in [-0.2, -0.15) is 13.5 Å². The molecule has 0 aliphatic carbocycles. The summed E-state index contributed by atoms with van der Waals surface area (Å²) in [5.74, 6) is -2.53. The van der Waals surface area contributed by atoms with Gasteiger partial charge in [-0.25, -0.2) is 0 Å². The Balaban J connectivity index is 2.33. The Morgan fingerprint density at radius 2 is 1.93 bits per heavy atom. The first-order valence-corrected chi connectivity index (χ1v) is 4.94. The molecule has 0 amide bonds. The van der Waals surface area contributed by atoms with Crippen molar-refractivity contribution in [2.24, 2.45) is 0 Å². The van der Waals surface area contributed by atoms with Gasteiger partial charge < -0.3 is 0 Å². The fraction of sp³-hybridized carbons (Fsp3) is 0.125. The van der Waals surface area contributed by atoms with Crippen LogP contribution in [-0.2, 0) is 0 Å². The van der Waals surface area contributed by atoms with Crippen molar-refractivity contribution in [2.75, 3.05) is 0 Å². The molecule has 7 heteroatoms. The van der Waals surface area contributed by atoms with Crippen LogP contribution in [0.4, 0.5) is 8.78 Å². The van der Waals surface area contributed by atoms with E-state index in [2.05, 4.69) is 15.5 Å². The van der Waals surface area contributed by atoms with E-state index in [1.165, 1.54) is 4.68 Å². The molecule has 0 unspecified atom stereocenters. The zero-order chi connectivity index (χ0) is 10.7. The molecular weight excluding hydrogens is 222 g/mol. The molecular formula is C8H6F2N4S. The molecule has 1 aromatic carbocycles. The number of para-hydroxylation sites is 1. The number of benzene rings is 1. The van der Waals surface area contributed by atoms with Gasteiger partial charge in [0, 0.05) is 0 Å². The SMILES string of the molecule is FC(F)Sc1nnnn1-c1ccccc1. The summed E-state index contributed by atoms with van der Waals surface area (Å²) in [7, 11) is 0. The lowest BCUT2D eigenvalue weighted by atomic mass is 10.3. The van der Waals surface area contributed by atoms with Crippen LogP contribution in [0.15, 0.2) is 35.5 Å². The minimum atomic E-state index is -2.53. The second-order valence-corrected chi connectivity index (χ2v) is 3.54. The van der Waals surface area contributed by atoms with E-state index in [1.807, 2.05) is 6.07 Å². The zero-order valence-electron chi connectivity index (χ0n) is 7.42. The Hall–Kier alpha value is -1.50. The van der Waals surface area contributed by atoms with Gasteiger partial charge in [-0.15, -0.1) is 5.10 Å². The van der Waals surface area contributed by atoms with Crippen molar-refractivity contribution in [1.29, 1.82) is 0 Å². The summed E-state index contributed by atoms with van der Waals surface area (Å²) in [5, 5.41) is 10.6. The van der Waals surface area contributed by atoms with Gasteiger partial charge in [0.1, 0.15) is 0 Å². The molecule has 0 N–H and O–H groups in total. The number of thioether (sulfide) groups is 1. The van der Waals surface area contributed by atoms with E-state index in [1.54, 1.807) is 24.3 Å². The standard InChI is InChI=1S/C8H6F2N4S/c9-7(10)15-8-11-12-13-14(8)6-4-2-1-3-5-6/h1-5,7H. The molecule has 1 heterocycles. The Bertz CT molecular complexity index is 431. The van der Waals surface area contributed by atoms with Gasteiger partial charge in [-0.1, -0.05) is 18.2 Å². The van der Waals surface area contributed by atoms with Crippen molar-refractivity contribution < 1.29 is 8.78 Å². The van der Waals surface area contributed by atoms with Gasteiger partial charge in [0.05, 0.1) is 5.69 Å². The second kappa shape index (κ2) is 4.35. The normalized spacial score (nSPS) is 10.9. The number of tetrazole rings is 1. The molecule has 4 nitrogen and oxygen atoms in total. The lowest BCUT2D eigenvalue weighted by Gasteiger charge is -2.02. The first-order chi connectivity index (χ1) is 7.27. The summed E-state index contributed by atoms with van der Waals surface area (Å²) in [6.45, 7) is 0. The summed E-state index contributed by atoms with van der Waals surface area (Å²) in [4.78, 5) is 0. The van der Waals surface area contributed by atoms with Crippen molar-refractivity contribution in [3.8, 4) is 5.69 Å². The topological polar surface area (TPSA) is 43.6 Å². The molecule has 2 rings (SSSR count). The Labute approximate surface area is 88.3 Å². The predicted octanol–water partition coefficient (Wildman–Crippen LogP) is 1.98. The predicted molar refractivity (Wildman–Crippen MR) is 51.0 cm³/mol. The van der Waals surface area contributed by atoms with Crippen molar-refractivity contribution in [3.05, 3.63) is 30.3 Å². The van der Waals surface area contributed by atoms with Crippen LogP contribution in [0.25, 0.3) is 5.69 Å². The number of hydrogen-bond acceptors (Lipinski definition) is 4. The van der Waals surface area contributed by atoms with Gasteiger partial charge in [-0.05, 0) is 34.3 Å². The van der Waals surface area contributed by atoms with Crippen LogP contribution in [0, 0.1) is 0 Å². The summed E-state index contributed by atoms with van der Waals surface area (Å²) >= 11 is 0.320. The monoisotopic (exact) mass is 228 g/mol. The molecule has 2 aromatic rings. The largest absolute Gasteiger partial charge is 0.291 e. The first kappa shape index (κ1) is 10.0. The van der Waals surface area contributed by atoms with Gasteiger partial charge in [0.25, 0.3) is 5.76 Å². The summed E-state index contributed by atoms with van der Waals surface area (Å²) in [6.07, 6.45) is 0.